The Morgan fingerprint density at radius 3 is 2.94 bits per heavy atom. The van der Waals surface area contributed by atoms with Crippen molar-refractivity contribution >= 4 is 21.4 Å². The van der Waals surface area contributed by atoms with Crippen molar-refractivity contribution in [1.29, 1.82) is 0 Å². The van der Waals surface area contributed by atoms with Crippen LogP contribution in [0.25, 0.3) is 10.1 Å². The molecule has 1 atom stereocenters. The molecule has 0 radical (unpaired) electrons. The molecule has 0 saturated heterocycles. The molecule has 3 nitrogen and oxygen atoms in total. The van der Waals surface area contributed by atoms with E-state index in [1.807, 2.05) is 26.2 Å². The van der Waals surface area contributed by atoms with Gasteiger partial charge in [0.1, 0.15) is 6.10 Å². The number of hydrogen-bond acceptors (Lipinski definition) is 4. The molecule has 0 saturated carbocycles. The van der Waals surface area contributed by atoms with E-state index in [4.69, 9.17) is 4.74 Å². The molecule has 0 unspecified atom stereocenters. The first-order valence-corrected chi connectivity index (χ1v) is 6.92. The molecule has 0 spiro atoms. The molecule has 0 aliphatic heterocycles. The van der Waals surface area contributed by atoms with Gasteiger partial charge in [0, 0.05) is 11.2 Å². The van der Waals surface area contributed by atoms with Gasteiger partial charge in [-0.05, 0) is 48.6 Å². The predicted molar refractivity (Wildman–Crippen MR) is 76.2 cm³/mol. The summed E-state index contributed by atoms with van der Waals surface area (Å²) in [5, 5.41) is 13.3. The van der Waals surface area contributed by atoms with E-state index in [0.717, 1.165) is 12.1 Å². The van der Waals surface area contributed by atoms with Crippen LogP contribution in [-0.2, 0) is 4.74 Å². The van der Waals surface area contributed by atoms with Crippen LogP contribution in [0.1, 0.15) is 11.7 Å². The molecule has 1 aromatic heterocycles. The SMILES string of the molecule is CN(C)CCOC[C@H](O)c1ccc2sccc2c1. The van der Waals surface area contributed by atoms with Crippen molar-refractivity contribution in [3.63, 3.8) is 0 Å². The highest BCUT2D eigenvalue weighted by molar-refractivity contribution is 7.17. The minimum atomic E-state index is -0.545. The number of rotatable bonds is 6. The monoisotopic (exact) mass is 265 g/mol. The average Bonchev–Trinajstić information content (AvgIpc) is 2.81. The lowest BCUT2D eigenvalue weighted by Gasteiger charge is -2.14. The zero-order valence-electron chi connectivity index (χ0n) is 10.8. The van der Waals surface area contributed by atoms with Crippen LogP contribution >= 0.6 is 11.3 Å². The molecule has 0 amide bonds. The Balaban J connectivity index is 1.89. The lowest BCUT2D eigenvalue weighted by atomic mass is 10.1. The van der Waals surface area contributed by atoms with Crippen molar-refractivity contribution in [2.75, 3.05) is 33.9 Å². The van der Waals surface area contributed by atoms with Gasteiger partial charge in [-0.3, -0.25) is 0 Å². The Morgan fingerprint density at radius 1 is 1.33 bits per heavy atom. The Kier molecular flexibility index (Phi) is 4.72. The molecular weight excluding hydrogens is 246 g/mol. The molecular formula is C14H19NO2S. The summed E-state index contributed by atoms with van der Waals surface area (Å²) in [6, 6.07) is 8.13. The van der Waals surface area contributed by atoms with Gasteiger partial charge in [0.05, 0.1) is 13.2 Å². The number of benzene rings is 1. The van der Waals surface area contributed by atoms with Gasteiger partial charge < -0.3 is 14.7 Å². The highest BCUT2D eigenvalue weighted by atomic mass is 32.1. The molecule has 2 aromatic rings. The highest BCUT2D eigenvalue weighted by Gasteiger charge is 2.08. The van der Waals surface area contributed by atoms with Gasteiger partial charge in [-0.2, -0.15) is 0 Å². The van der Waals surface area contributed by atoms with Crippen molar-refractivity contribution < 1.29 is 9.84 Å². The third kappa shape index (κ3) is 3.53. The van der Waals surface area contributed by atoms with Crippen LogP contribution in [0.15, 0.2) is 29.6 Å². The van der Waals surface area contributed by atoms with Gasteiger partial charge in [-0.15, -0.1) is 11.3 Å². The fraction of sp³-hybridized carbons (Fsp3) is 0.429. The second-order valence-electron chi connectivity index (χ2n) is 4.61. The van der Waals surface area contributed by atoms with Gasteiger partial charge in [0.2, 0.25) is 0 Å². The number of hydrogen-bond donors (Lipinski definition) is 1. The summed E-state index contributed by atoms with van der Waals surface area (Å²) in [5.74, 6) is 0. The van der Waals surface area contributed by atoms with E-state index in [-0.39, 0.29) is 0 Å². The largest absolute Gasteiger partial charge is 0.386 e. The van der Waals surface area contributed by atoms with Crippen molar-refractivity contribution in [3.05, 3.63) is 35.2 Å². The summed E-state index contributed by atoms with van der Waals surface area (Å²) in [4.78, 5) is 2.06. The van der Waals surface area contributed by atoms with E-state index >= 15 is 0 Å². The van der Waals surface area contributed by atoms with E-state index < -0.39 is 6.10 Å². The van der Waals surface area contributed by atoms with Crippen LogP contribution in [0, 0.1) is 0 Å². The first-order chi connectivity index (χ1) is 8.66. The lowest BCUT2D eigenvalue weighted by Crippen LogP contribution is -2.19. The van der Waals surface area contributed by atoms with Crippen LogP contribution in [0.3, 0.4) is 0 Å². The second-order valence-corrected chi connectivity index (χ2v) is 5.56. The Labute approximate surface area is 112 Å². The normalized spacial score (nSPS) is 13.3. The molecule has 18 heavy (non-hydrogen) atoms. The van der Waals surface area contributed by atoms with E-state index in [0.29, 0.717) is 13.2 Å². The summed E-state index contributed by atoms with van der Waals surface area (Å²) in [5.41, 5.74) is 0.922. The van der Waals surface area contributed by atoms with Gasteiger partial charge in [-0.25, -0.2) is 0 Å². The standard InChI is InChI=1S/C14H19NO2S/c1-15(2)6-7-17-10-13(16)11-3-4-14-12(9-11)5-8-18-14/h3-5,8-9,13,16H,6-7,10H2,1-2H3/t13-/m0/s1. The minimum absolute atomic E-state index is 0.351. The number of thiophene rings is 1. The van der Waals surface area contributed by atoms with Crippen LogP contribution < -0.4 is 0 Å². The molecule has 2 rings (SSSR count). The summed E-state index contributed by atoms with van der Waals surface area (Å²) in [7, 11) is 4.01. The van der Waals surface area contributed by atoms with Crippen LogP contribution in [0.5, 0.6) is 0 Å². The van der Waals surface area contributed by atoms with Crippen LogP contribution in [0.4, 0.5) is 0 Å². The number of aliphatic hydroxyl groups is 1. The average molecular weight is 265 g/mol. The fourth-order valence-corrected chi connectivity index (χ4v) is 2.50. The topological polar surface area (TPSA) is 32.7 Å². The van der Waals surface area contributed by atoms with Crippen molar-refractivity contribution in [3.8, 4) is 0 Å². The maximum absolute atomic E-state index is 10.0. The molecule has 0 fully saturated rings. The minimum Gasteiger partial charge on any atom is -0.386 e. The van der Waals surface area contributed by atoms with Crippen molar-refractivity contribution in [2.24, 2.45) is 0 Å². The smallest absolute Gasteiger partial charge is 0.102 e. The summed E-state index contributed by atoms with van der Waals surface area (Å²) in [6.45, 7) is 1.87. The van der Waals surface area contributed by atoms with E-state index in [1.54, 1.807) is 11.3 Å². The van der Waals surface area contributed by atoms with Crippen molar-refractivity contribution in [1.82, 2.24) is 4.90 Å². The second kappa shape index (κ2) is 6.29. The molecule has 0 aliphatic carbocycles. The predicted octanol–water partition coefficient (Wildman–Crippen LogP) is 2.51. The summed E-state index contributed by atoms with van der Waals surface area (Å²) in [6.07, 6.45) is -0.545. The van der Waals surface area contributed by atoms with Gasteiger partial charge >= 0.3 is 0 Å². The van der Waals surface area contributed by atoms with Crippen molar-refractivity contribution in [2.45, 2.75) is 6.10 Å². The van der Waals surface area contributed by atoms with Crippen LogP contribution in [-0.4, -0.2) is 43.9 Å². The van der Waals surface area contributed by atoms with E-state index in [9.17, 15) is 5.11 Å². The maximum Gasteiger partial charge on any atom is 0.102 e. The Morgan fingerprint density at radius 2 is 2.17 bits per heavy atom. The third-order valence-corrected chi connectivity index (χ3v) is 3.72. The zero-order chi connectivity index (χ0) is 13.0. The summed E-state index contributed by atoms with van der Waals surface area (Å²) < 4.78 is 6.71. The molecule has 0 aliphatic rings. The molecule has 98 valence electrons. The lowest BCUT2D eigenvalue weighted by molar-refractivity contribution is 0.0307. The zero-order valence-corrected chi connectivity index (χ0v) is 11.6. The molecule has 1 heterocycles. The number of ether oxygens (including phenoxy) is 1. The summed E-state index contributed by atoms with van der Waals surface area (Å²) >= 11 is 1.71. The van der Waals surface area contributed by atoms with Gasteiger partial charge in [0.15, 0.2) is 0 Å². The number of nitrogens with zero attached hydrogens (tertiary/aromatic N) is 1. The fourth-order valence-electron chi connectivity index (χ4n) is 1.73. The first-order valence-electron chi connectivity index (χ1n) is 6.04. The Bertz CT molecular complexity index is 495. The molecule has 1 aromatic carbocycles. The number of aliphatic hydroxyl groups excluding tert-OH is 1. The van der Waals surface area contributed by atoms with E-state index in [1.165, 1.54) is 10.1 Å². The highest BCUT2D eigenvalue weighted by Crippen LogP contribution is 2.24. The quantitative estimate of drug-likeness (QED) is 0.815. The third-order valence-electron chi connectivity index (χ3n) is 2.82. The molecule has 4 heteroatoms. The Hall–Kier alpha value is -0.940. The first kappa shape index (κ1) is 13.5. The van der Waals surface area contributed by atoms with E-state index in [2.05, 4.69) is 22.4 Å². The van der Waals surface area contributed by atoms with Crippen LogP contribution in [0.2, 0.25) is 0 Å². The van der Waals surface area contributed by atoms with Gasteiger partial charge in [0.25, 0.3) is 0 Å². The molecule has 0 bridgehead atoms. The number of fused-ring (bicyclic) bond motifs is 1. The van der Waals surface area contributed by atoms with Gasteiger partial charge in [-0.1, -0.05) is 6.07 Å². The maximum atomic E-state index is 10.0. The number of likely N-dealkylation sites (N-methyl/N-ethyl adjacent to an activating group) is 1. The molecule has 1 N–H and O–H groups in total.